The topological polar surface area (TPSA) is 27.8 Å². The molecule has 0 aliphatic heterocycles. The third-order valence-corrected chi connectivity index (χ3v) is 7.29. The molecular weight excluding hydrogens is 397 g/mol. The zero-order valence-corrected chi connectivity index (χ0v) is 17.5. The molecule has 1 heterocycles. The first-order chi connectivity index (χ1) is 14.8. The molecule has 2 fully saturated rings. The van der Waals surface area contributed by atoms with E-state index in [9.17, 15) is 13.2 Å². The van der Waals surface area contributed by atoms with Crippen LogP contribution in [0.2, 0.25) is 0 Å². The zero-order chi connectivity index (χ0) is 21.6. The van der Waals surface area contributed by atoms with Crippen LogP contribution in [0.3, 0.4) is 0 Å². The van der Waals surface area contributed by atoms with E-state index in [1.165, 1.54) is 32.1 Å². The Labute approximate surface area is 180 Å². The van der Waals surface area contributed by atoms with Crippen LogP contribution in [0.4, 0.5) is 18.9 Å². The number of aryl methyl sites for hydroxylation is 2. The highest BCUT2D eigenvalue weighted by Crippen LogP contribution is 2.60. The smallest absolute Gasteiger partial charge is 0.359 e. The Bertz CT molecular complexity index is 1100. The number of H-pyrrole nitrogens is 1. The third-order valence-electron chi connectivity index (χ3n) is 7.29. The van der Waals surface area contributed by atoms with E-state index in [1.807, 2.05) is 6.20 Å². The number of halogens is 3. The van der Waals surface area contributed by atoms with E-state index in [1.54, 1.807) is 12.1 Å². The van der Waals surface area contributed by atoms with Gasteiger partial charge in [0.25, 0.3) is 0 Å². The summed E-state index contributed by atoms with van der Waals surface area (Å²) in [5.74, 6) is 0.563. The van der Waals surface area contributed by atoms with Crippen LogP contribution in [0, 0.1) is 11.3 Å². The predicted octanol–water partition coefficient (Wildman–Crippen LogP) is 7.48. The number of nitrogens with one attached hydrogen (secondary N) is 2. The Kier molecular flexibility index (Phi) is 4.87. The normalized spacial score (nSPS) is 18.0. The average molecular weight is 425 g/mol. The molecule has 162 valence electrons. The van der Waals surface area contributed by atoms with Crippen molar-refractivity contribution in [2.75, 3.05) is 5.32 Å². The Balaban J connectivity index is 1.24. The van der Waals surface area contributed by atoms with Gasteiger partial charge >= 0.3 is 6.18 Å². The lowest BCUT2D eigenvalue weighted by Crippen LogP contribution is -2.44. The maximum atomic E-state index is 12.7. The minimum Gasteiger partial charge on any atom is -0.359 e. The average Bonchev–Trinajstić information content (AvgIpc) is 3.06. The number of aromatic nitrogens is 1. The van der Waals surface area contributed by atoms with Crippen LogP contribution < -0.4 is 5.32 Å². The number of hydrogen-bond acceptors (Lipinski definition) is 1. The molecule has 0 bridgehead atoms. The van der Waals surface area contributed by atoms with Gasteiger partial charge in [-0.2, -0.15) is 13.2 Å². The van der Waals surface area contributed by atoms with Gasteiger partial charge in [-0.25, -0.2) is 0 Å². The second-order valence-electron chi connectivity index (χ2n) is 9.39. The molecule has 0 unspecified atom stereocenters. The summed E-state index contributed by atoms with van der Waals surface area (Å²) >= 11 is 0. The van der Waals surface area contributed by atoms with Gasteiger partial charge in [0.2, 0.25) is 0 Å². The van der Waals surface area contributed by atoms with Crippen LogP contribution in [0.15, 0.2) is 60.9 Å². The van der Waals surface area contributed by atoms with Gasteiger partial charge in [0.1, 0.15) is 0 Å². The molecule has 2 N–H and O–H groups in total. The summed E-state index contributed by atoms with van der Waals surface area (Å²) in [6.45, 7) is 4.30. The van der Waals surface area contributed by atoms with E-state index < -0.39 is 11.7 Å². The Hall–Kier alpha value is -2.69. The fraction of sp³-hybridized carbons (Fsp3) is 0.385. The molecule has 0 radical (unpaired) electrons. The Morgan fingerprint density at radius 1 is 1.03 bits per heavy atom. The van der Waals surface area contributed by atoms with E-state index >= 15 is 0 Å². The van der Waals surface area contributed by atoms with E-state index in [-0.39, 0.29) is 0 Å². The molecule has 2 saturated carbocycles. The van der Waals surface area contributed by atoms with E-state index in [0.717, 1.165) is 52.0 Å². The monoisotopic (exact) mass is 424 g/mol. The van der Waals surface area contributed by atoms with Crippen molar-refractivity contribution in [2.24, 2.45) is 11.3 Å². The van der Waals surface area contributed by atoms with Crippen LogP contribution in [-0.4, -0.2) is 4.98 Å². The number of alkyl halides is 3. The highest BCUT2D eigenvalue weighted by Gasteiger charge is 2.48. The van der Waals surface area contributed by atoms with Crippen molar-refractivity contribution >= 4 is 16.6 Å². The molecule has 2 aliphatic carbocycles. The summed E-state index contributed by atoms with van der Waals surface area (Å²) in [6.07, 6.45) is 5.85. The molecule has 5 heteroatoms. The molecule has 0 saturated heterocycles. The number of fused-ring (bicyclic) bond motifs is 1. The van der Waals surface area contributed by atoms with Gasteiger partial charge in [0.15, 0.2) is 0 Å². The van der Waals surface area contributed by atoms with E-state index in [0.29, 0.717) is 17.8 Å². The lowest BCUT2D eigenvalue weighted by atomic mass is 9.51. The summed E-state index contributed by atoms with van der Waals surface area (Å²) in [5, 5.41) is 4.67. The van der Waals surface area contributed by atoms with Gasteiger partial charge in [0, 0.05) is 22.8 Å². The summed E-state index contributed by atoms with van der Waals surface area (Å²) in [7, 11) is 0. The van der Waals surface area contributed by atoms with Gasteiger partial charge in [-0.1, -0.05) is 31.2 Å². The minimum atomic E-state index is -4.29. The second kappa shape index (κ2) is 7.47. The fourth-order valence-corrected chi connectivity index (χ4v) is 5.17. The summed E-state index contributed by atoms with van der Waals surface area (Å²) < 4.78 is 38.2. The van der Waals surface area contributed by atoms with Crippen molar-refractivity contribution in [1.82, 2.24) is 4.98 Å². The maximum Gasteiger partial charge on any atom is 0.416 e. The molecule has 0 amide bonds. The standard InChI is InChI=1S/C26H27F3N2/c1-17(20-14-25(15-20)11-2-12-25)31-24-16-30-23-10-7-19(13-22(23)24)4-3-18-5-8-21(9-6-18)26(27,28)29/h5-10,13,16,20,30-31H,1-4,11-12,14-15H2. The van der Waals surface area contributed by atoms with E-state index in [4.69, 9.17) is 0 Å². The number of benzene rings is 2. The van der Waals surface area contributed by atoms with Crippen LogP contribution in [0.25, 0.3) is 10.9 Å². The fourth-order valence-electron chi connectivity index (χ4n) is 5.17. The first kappa shape index (κ1) is 20.2. The molecule has 2 aromatic carbocycles. The molecule has 5 rings (SSSR count). The van der Waals surface area contributed by atoms with Crippen LogP contribution in [-0.2, 0) is 19.0 Å². The molecule has 1 spiro atoms. The second-order valence-corrected chi connectivity index (χ2v) is 9.39. The molecule has 0 atom stereocenters. The van der Waals surface area contributed by atoms with Crippen molar-refractivity contribution in [3.05, 3.63) is 77.6 Å². The summed E-state index contributed by atoms with van der Waals surface area (Å²) in [6, 6.07) is 11.8. The van der Waals surface area contributed by atoms with Crippen LogP contribution in [0.1, 0.15) is 48.8 Å². The van der Waals surface area contributed by atoms with Crippen molar-refractivity contribution in [1.29, 1.82) is 0 Å². The highest BCUT2D eigenvalue weighted by atomic mass is 19.4. The highest BCUT2D eigenvalue weighted by molar-refractivity contribution is 5.93. The molecule has 2 aliphatic rings. The van der Waals surface area contributed by atoms with Crippen molar-refractivity contribution in [2.45, 2.75) is 51.1 Å². The molecule has 3 aromatic rings. The lowest BCUT2D eigenvalue weighted by Gasteiger charge is -2.54. The summed E-state index contributed by atoms with van der Waals surface area (Å²) in [5.41, 5.74) is 5.32. The Morgan fingerprint density at radius 2 is 1.71 bits per heavy atom. The van der Waals surface area contributed by atoms with Crippen LogP contribution >= 0.6 is 0 Å². The molecule has 2 nitrogen and oxygen atoms in total. The maximum absolute atomic E-state index is 12.7. The lowest BCUT2D eigenvalue weighted by molar-refractivity contribution is -0.137. The Morgan fingerprint density at radius 3 is 2.35 bits per heavy atom. The van der Waals surface area contributed by atoms with Crippen molar-refractivity contribution in [3.63, 3.8) is 0 Å². The molecule has 1 aromatic heterocycles. The number of allylic oxidation sites excluding steroid dienone is 1. The number of anilines is 1. The van der Waals surface area contributed by atoms with Gasteiger partial charge < -0.3 is 10.3 Å². The number of hydrogen-bond donors (Lipinski definition) is 2. The van der Waals surface area contributed by atoms with Gasteiger partial charge in [-0.05, 0) is 85.3 Å². The summed E-state index contributed by atoms with van der Waals surface area (Å²) in [4.78, 5) is 3.32. The quantitative estimate of drug-likeness (QED) is 0.422. The van der Waals surface area contributed by atoms with E-state index in [2.05, 4.69) is 35.1 Å². The number of rotatable bonds is 6. The van der Waals surface area contributed by atoms with Gasteiger partial charge in [-0.3, -0.25) is 0 Å². The SMILES string of the molecule is C=C(Nc1c[nH]c2ccc(CCc3ccc(C(F)(F)F)cc3)cc12)C1CC2(CCC2)C1. The van der Waals surface area contributed by atoms with Crippen molar-refractivity contribution < 1.29 is 13.2 Å². The molecule has 31 heavy (non-hydrogen) atoms. The first-order valence-electron chi connectivity index (χ1n) is 11.0. The largest absolute Gasteiger partial charge is 0.416 e. The van der Waals surface area contributed by atoms with Gasteiger partial charge in [-0.15, -0.1) is 0 Å². The number of aromatic amines is 1. The zero-order valence-electron chi connectivity index (χ0n) is 17.5. The minimum absolute atomic E-state index is 0.563. The van der Waals surface area contributed by atoms with Gasteiger partial charge in [0.05, 0.1) is 11.3 Å². The first-order valence-corrected chi connectivity index (χ1v) is 11.0. The van der Waals surface area contributed by atoms with Crippen molar-refractivity contribution in [3.8, 4) is 0 Å². The third kappa shape index (κ3) is 3.98. The predicted molar refractivity (Wildman–Crippen MR) is 119 cm³/mol. The van der Waals surface area contributed by atoms with Crippen LogP contribution in [0.5, 0.6) is 0 Å². The molecular formula is C26H27F3N2.